The Morgan fingerprint density at radius 3 is 2.53 bits per heavy atom. The van der Waals surface area contributed by atoms with Crippen molar-refractivity contribution in [2.45, 2.75) is 12.1 Å². The van der Waals surface area contributed by atoms with Crippen LogP contribution in [0.5, 0.6) is 0 Å². The van der Waals surface area contributed by atoms with Gasteiger partial charge < -0.3 is 15.5 Å². The zero-order valence-electron chi connectivity index (χ0n) is 8.25. The molecule has 0 unspecified atom stereocenters. The predicted octanol–water partition coefficient (Wildman–Crippen LogP) is -2.33. The van der Waals surface area contributed by atoms with Crippen molar-refractivity contribution in [2.75, 3.05) is 25.9 Å². The number of aliphatic carboxylic acids is 1. The van der Waals surface area contributed by atoms with E-state index in [1.807, 2.05) is 0 Å². The van der Waals surface area contributed by atoms with Crippen LogP contribution in [0.2, 0.25) is 0 Å². The molecule has 0 radical (unpaired) electrons. The van der Waals surface area contributed by atoms with Crippen molar-refractivity contribution in [1.29, 1.82) is 0 Å². The van der Waals surface area contributed by atoms with Crippen LogP contribution < -0.4 is 5.32 Å². The highest BCUT2D eigenvalue weighted by molar-refractivity contribution is 7.89. The number of hydrogen-bond acceptors (Lipinski definition) is 5. The molecule has 1 aliphatic heterocycles. The van der Waals surface area contributed by atoms with E-state index in [0.717, 1.165) is 4.31 Å². The number of nitrogens with zero attached hydrogens (tertiary/aromatic N) is 1. The van der Waals surface area contributed by atoms with Gasteiger partial charge in [0.05, 0.1) is 12.1 Å². The molecule has 0 spiro atoms. The summed E-state index contributed by atoms with van der Waals surface area (Å²) < 4.78 is 23.9. The molecule has 1 heterocycles. The Kier molecular flexibility index (Phi) is 3.66. The Bertz CT molecular complexity index is 341. The molecule has 0 aromatic carbocycles. The molecule has 1 rings (SSSR count). The van der Waals surface area contributed by atoms with Crippen LogP contribution in [0.3, 0.4) is 0 Å². The summed E-state index contributed by atoms with van der Waals surface area (Å²) in [5, 5.41) is 20.7. The summed E-state index contributed by atoms with van der Waals surface area (Å²) in [6.45, 7) is 0.647. The number of aliphatic hydroxyl groups is 1. The maximum Gasteiger partial charge on any atom is 0.320 e. The summed E-state index contributed by atoms with van der Waals surface area (Å²) >= 11 is 0. The van der Waals surface area contributed by atoms with Crippen LogP contribution in [0, 0.1) is 0 Å². The zero-order chi connectivity index (χ0) is 11.6. The van der Waals surface area contributed by atoms with E-state index in [0.29, 0.717) is 13.1 Å². The van der Waals surface area contributed by atoms with Crippen LogP contribution >= 0.6 is 0 Å². The molecule has 1 saturated heterocycles. The van der Waals surface area contributed by atoms with Crippen molar-refractivity contribution in [3.63, 3.8) is 0 Å². The average Bonchev–Trinajstić information content (AvgIpc) is 2.47. The first-order valence-electron chi connectivity index (χ1n) is 4.41. The fourth-order valence-corrected chi connectivity index (χ4v) is 2.63. The lowest BCUT2D eigenvalue weighted by Gasteiger charge is -2.24. The molecule has 3 N–H and O–H groups in total. The third kappa shape index (κ3) is 2.88. The summed E-state index contributed by atoms with van der Waals surface area (Å²) in [6, 6.07) is -0.589. The Balaban J connectivity index is 2.74. The van der Waals surface area contributed by atoms with Crippen LogP contribution in [0.1, 0.15) is 0 Å². The molecular formula is C7H14N2O5S. The maximum absolute atomic E-state index is 11.5. The van der Waals surface area contributed by atoms with Crippen molar-refractivity contribution in [1.82, 2.24) is 9.62 Å². The second kappa shape index (κ2) is 4.44. The molecule has 8 heteroatoms. The fourth-order valence-electron chi connectivity index (χ4n) is 1.49. The second-order valence-electron chi connectivity index (χ2n) is 3.46. The normalized spacial score (nSPS) is 27.1. The molecule has 0 aromatic rings. The lowest BCUT2D eigenvalue weighted by atomic mass is 10.2. The number of β-amino-alcohol motifs (C(OH)–C–C–N with tert-alkyl or cyclic N) is 1. The van der Waals surface area contributed by atoms with Crippen molar-refractivity contribution >= 4 is 16.0 Å². The number of aliphatic hydroxyl groups excluding tert-OH is 1. The number of nitrogens with one attached hydrogen (secondary N) is 1. The van der Waals surface area contributed by atoms with Gasteiger partial charge in [0.1, 0.15) is 0 Å². The molecule has 0 aromatic heterocycles. The van der Waals surface area contributed by atoms with Gasteiger partial charge in [0.2, 0.25) is 10.0 Å². The molecule has 0 saturated carbocycles. The zero-order valence-corrected chi connectivity index (χ0v) is 9.07. The number of hydrogen-bond donors (Lipinski definition) is 3. The summed E-state index contributed by atoms with van der Waals surface area (Å²) in [5.74, 6) is -2.35. The average molecular weight is 238 g/mol. The molecule has 0 aliphatic carbocycles. The highest BCUT2D eigenvalue weighted by Crippen LogP contribution is 2.12. The van der Waals surface area contributed by atoms with E-state index in [9.17, 15) is 18.3 Å². The van der Waals surface area contributed by atoms with E-state index in [1.54, 1.807) is 0 Å². The number of sulfonamides is 1. The van der Waals surface area contributed by atoms with Gasteiger partial charge in [0.15, 0.2) is 5.75 Å². The van der Waals surface area contributed by atoms with Crippen LogP contribution in [0.4, 0.5) is 0 Å². The van der Waals surface area contributed by atoms with E-state index < -0.39 is 33.9 Å². The molecule has 1 fully saturated rings. The minimum atomic E-state index is -3.84. The first-order valence-corrected chi connectivity index (χ1v) is 6.02. The van der Waals surface area contributed by atoms with Gasteiger partial charge in [-0.1, -0.05) is 0 Å². The van der Waals surface area contributed by atoms with Gasteiger partial charge in [0, 0.05) is 20.1 Å². The molecule has 0 bridgehead atoms. The first-order chi connectivity index (χ1) is 6.84. The minimum Gasteiger partial charge on any atom is -0.480 e. The second-order valence-corrected chi connectivity index (χ2v) is 5.49. The van der Waals surface area contributed by atoms with Crippen LogP contribution in [0.15, 0.2) is 0 Å². The van der Waals surface area contributed by atoms with Crippen LogP contribution in [-0.2, 0) is 14.8 Å². The quantitative estimate of drug-likeness (QED) is 0.507. The van der Waals surface area contributed by atoms with E-state index in [-0.39, 0.29) is 0 Å². The van der Waals surface area contributed by atoms with Gasteiger partial charge in [-0.3, -0.25) is 4.79 Å². The number of carboxylic acid groups (broad SMARTS) is 1. The van der Waals surface area contributed by atoms with Gasteiger partial charge in [-0.05, 0) is 0 Å². The van der Waals surface area contributed by atoms with Crippen molar-refractivity contribution < 1.29 is 23.4 Å². The minimum absolute atomic E-state index is 0.317. The SMILES string of the molecule is CN([C@@H]1CNC[C@H]1O)S(=O)(=O)CC(=O)O. The topological polar surface area (TPSA) is 107 Å². The fraction of sp³-hybridized carbons (Fsp3) is 0.857. The standard InChI is InChI=1S/C7H14N2O5S/c1-9(5-2-8-3-6(5)10)15(13,14)4-7(11)12/h5-6,8,10H,2-4H2,1H3,(H,11,12)/t5-,6-/m1/s1. The number of likely N-dealkylation sites (N-methyl/N-ethyl adjacent to an activating group) is 1. The molecule has 1 aliphatic rings. The Labute approximate surface area is 87.7 Å². The molecular weight excluding hydrogens is 224 g/mol. The summed E-state index contributed by atoms with van der Waals surface area (Å²) in [5.41, 5.74) is 0. The number of carbonyl (C=O) groups is 1. The molecule has 15 heavy (non-hydrogen) atoms. The van der Waals surface area contributed by atoms with Gasteiger partial charge in [-0.15, -0.1) is 0 Å². The van der Waals surface area contributed by atoms with Gasteiger partial charge >= 0.3 is 5.97 Å². The third-order valence-corrected chi connectivity index (χ3v) is 4.12. The van der Waals surface area contributed by atoms with E-state index in [1.165, 1.54) is 7.05 Å². The summed E-state index contributed by atoms with van der Waals surface area (Å²) in [6.07, 6.45) is -0.793. The lowest BCUT2D eigenvalue weighted by Crippen LogP contribution is -2.46. The van der Waals surface area contributed by atoms with Gasteiger partial charge in [-0.2, -0.15) is 4.31 Å². The molecule has 2 atom stereocenters. The molecule has 0 amide bonds. The lowest BCUT2D eigenvalue weighted by molar-refractivity contribution is -0.134. The summed E-state index contributed by atoms with van der Waals surface area (Å²) in [7, 11) is -2.57. The molecule has 7 nitrogen and oxygen atoms in total. The maximum atomic E-state index is 11.5. The Morgan fingerprint density at radius 1 is 1.53 bits per heavy atom. The number of carboxylic acids is 1. The van der Waals surface area contributed by atoms with Gasteiger partial charge in [0.25, 0.3) is 0 Å². The van der Waals surface area contributed by atoms with E-state index in [2.05, 4.69) is 5.32 Å². The highest BCUT2D eigenvalue weighted by Gasteiger charge is 2.35. The van der Waals surface area contributed by atoms with E-state index in [4.69, 9.17) is 5.11 Å². The van der Waals surface area contributed by atoms with Crippen molar-refractivity contribution in [3.8, 4) is 0 Å². The predicted molar refractivity (Wildman–Crippen MR) is 51.9 cm³/mol. The summed E-state index contributed by atoms with van der Waals surface area (Å²) in [4.78, 5) is 10.3. The molecule has 88 valence electrons. The van der Waals surface area contributed by atoms with Crippen LogP contribution in [-0.4, -0.2) is 66.9 Å². The van der Waals surface area contributed by atoms with Crippen molar-refractivity contribution in [2.24, 2.45) is 0 Å². The smallest absolute Gasteiger partial charge is 0.320 e. The van der Waals surface area contributed by atoms with Crippen molar-refractivity contribution in [3.05, 3.63) is 0 Å². The third-order valence-electron chi connectivity index (χ3n) is 2.36. The monoisotopic (exact) mass is 238 g/mol. The van der Waals surface area contributed by atoms with Crippen LogP contribution in [0.25, 0.3) is 0 Å². The number of rotatable bonds is 4. The Morgan fingerprint density at radius 2 is 2.13 bits per heavy atom. The largest absolute Gasteiger partial charge is 0.480 e. The Hall–Kier alpha value is -0.700. The first kappa shape index (κ1) is 12.4. The highest BCUT2D eigenvalue weighted by atomic mass is 32.2. The van der Waals surface area contributed by atoms with Gasteiger partial charge in [-0.25, -0.2) is 8.42 Å². The van der Waals surface area contributed by atoms with E-state index >= 15 is 0 Å².